The van der Waals surface area contributed by atoms with E-state index in [1.807, 2.05) is 6.07 Å². The minimum Gasteiger partial charge on any atom is -0.383 e. The highest BCUT2D eigenvalue weighted by molar-refractivity contribution is 9.09. The van der Waals surface area contributed by atoms with Gasteiger partial charge in [-0.2, -0.15) is 10.5 Å². The number of anilines is 1. The van der Waals surface area contributed by atoms with Gasteiger partial charge in [0.1, 0.15) is 28.5 Å². The Morgan fingerprint density at radius 3 is 2.59 bits per heavy atom. The summed E-state index contributed by atoms with van der Waals surface area (Å²) in [4.78, 5) is 4.20. The van der Waals surface area contributed by atoms with Crippen molar-refractivity contribution < 1.29 is 0 Å². The van der Waals surface area contributed by atoms with Crippen LogP contribution >= 0.6 is 39.3 Å². The molecule has 0 unspecified atom stereocenters. The van der Waals surface area contributed by atoms with Crippen LogP contribution in [0.2, 0.25) is 5.02 Å². The number of aromatic nitrogens is 1. The van der Waals surface area contributed by atoms with Crippen LogP contribution in [0.4, 0.5) is 5.82 Å². The molecule has 0 amide bonds. The van der Waals surface area contributed by atoms with E-state index in [-0.39, 0.29) is 11.4 Å². The maximum absolute atomic E-state index is 9.54. The molecule has 0 atom stereocenters. The van der Waals surface area contributed by atoms with E-state index in [1.54, 1.807) is 24.3 Å². The van der Waals surface area contributed by atoms with Gasteiger partial charge in [0.2, 0.25) is 0 Å². The summed E-state index contributed by atoms with van der Waals surface area (Å²) in [6.45, 7) is 0. The normalized spacial score (nSPS) is 10.0. The Balaban J connectivity index is 2.77. The molecule has 1 heterocycles. The topological polar surface area (TPSA) is 86.5 Å². The molecular formula is C15H10BrClN4S. The Kier molecular flexibility index (Phi) is 5.68. The monoisotopic (exact) mass is 392 g/mol. The lowest BCUT2D eigenvalue weighted by atomic mass is 9.97. The maximum Gasteiger partial charge on any atom is 0.143 e. The fourth-order valence-electron chi connectivity index (χ4n) is 1.97. The average molecular weight is 394 g/mol. The second kappa shape index (κ2) is 7.51. The molecule has 0 bridgehead atoms. The Morgan fingerprint density at radius 1 is 1.27 bits per heavy atom. The number of rotatable bonds is 4. The number of pyridine rings is 1. The molecule has 0 aliphatic rings. The first-order valence-electron chi connectivity index (χ1n) is 6.20. The molecular weight excluding hydrogens is 384 g/mol. The fourth-order valence-corrected chi connectivity index (χ4v) is 3.37. The number of nitrogens with zero attached hydrogens (tertiary/aromatic N) is 3. The second-order valence-electron chi connectivity index (χ2n) is 4.20. The fraction of sp³-hybridized carbons (Fsp3) is 0.133. The van der Waals surface area contributed by atoms with E-state index in [0.717, 1.165) is 11.1 Å². The average Bonchev–Trinajstić information content (AvgIpc) is 2.52. The molecule has 0 aliphatic heterocycles. The molecule has 7 heteroatoms. The number of thioether (sulfide) groups is 1. The van der Waals surface area contributed by atoms with Crippen molar-refractivity contribution in [1.82, 2.24) is 4.98 Å². The number of nitriles is 2. The van der Waals surface area contributed by atoms with Gasteiger partial charge in [0, 0.05) is 21.7 Å². The van der Waals surface area contributed by atoms with Crippen LogP contribution in [0.15, 0.2) is 29.3 Å². The molecule has 0 spiro atoms. The molecule has 110 valence electrons. The van der Waals surface area contributed by atoms with Crippen molar-refractivity contribution in [1.29, 1.82) is 10.5 Å². The summed E-state index contributed by atoms with van der Waals surface area (Å²) in [7, 11) is 0. The zero-order valence-electron chi connectivity index (χ0n) is 11.3. The molecule has 2 aromatic rings. The number of alkyl halides is 1. The van der Waals surface area contributed by atoms with Crippen LogP contribution in [0.3, 0.4) is 0 Å². The van der Waals surface area contributed by atoms with Gasteiger partial charge in [-0.05, 0) is 17.7 Å². The van der Waals surface area contributed by atoms with Crippen LogP contribution in [0.5, 0.6) is 0 Å². The zero-order chi connectivity index (χ0) is 16.1. The van der Waals surface area contributed by atoms with Gasteiger partial charge in [0.25, 0.3) is 0 Å². The predicted octanol–water partition coefficient (Wildman–Crippen LogP) is 4.21. The van der Waals surface area contributed by atoms with E-state index in [0.29, 0.717) is 26.7 Å². The van der Waals surface area contributed by atoms with Crippen LogP contribution < -0.4 is 5.73 Å². The van der Waals surface area contributed by atoms with Crippen LogP contribution in [-0.4, -0.2) is 16.1 Å². The largest absolute Gasteiger partial charge is 0.383 e. The first kappa shape index (κ1) is 16.6. The third-order valence-corrected chi connectivity index (χ3v) is 4.98. The highest BCUT2D eigenvalue weighted by atomic mass is 79.9. The first-order valence-corrected chi connectivity index (χ1v) is 8.69. The molecule has 2 rings (SSSR count). The summed E-state index contributed by atoms with van der Waals surface area (Å²) in [5.41, 5.74) is 7.60. The molecule has 0 fully saturated rings. The van der Waals surface area contributed by atoms with Crippen LogP contribution in [0, 0.1) is 22.7 Å². The van der Waals surface area contributed by atoms with E-state index in [1.165, 1.54) is 11.8 Å². The molecule has 22 heavy (non-hydrogen) atoms. The Labute approximate surface area is 146 Å². The van der Waals surface area contributed by atoms with Crippen molar-refractivity contribution in [2.75, 3.05) is 16.8 Å². The number of benzene rings is 1. The van der Waals surface area contributed by atoms with Crippen molar-refractivity contribution in [2.24, 2.45) is 0 Å². The van der Waals surface area contributed by atoms with Crippen molar-refractivity contribution in [3.05, 3.63) is 40.4 Å². The minimum atomic E-state index is 0.119. The Bertz CT molecular complexity index is 795. The Hall–Kier alpha value is -1.73. The van der Waals surface area contributed by atoms with Crippen LogP contribution in [-0.2, 0) is 0 Å². The van der Waals surface area contributed by atoms with Gasteiger partial charge >= 0.3 is 0 Å². The standard InChI is InChI=1S/C15H10BrClN4S/c16-4-5-22-15-12(8-19)13(11(7-18)14(20)21-15)9-2-1-3-10(17)6-9/h1-3,6H,4-5H2,(H2,20,21). The van der Waals surface area contributed by atoms with Gasteiger partial charge < -0.3 is 5.73 Å². The molecule has 0 saturated carbocycles. The SMILES string of the molecule is N#Cc1c(N)nc(SCCBr)c(C#N)c1-c1cccc(Cl)c1. The molecule has 0 saturated heterocycles. The highest BCUT2D eigenvalue weighted by Gasteiger charge is 2.20. The van der Waals surface area contributed by atoms with Crippen LogP contribution in [0.25, 0.3) is 11.1 Å². The van der Waals surface area contributed by atoms with Gasteiger partial charge in [0.05, 0.1) is 5.56 Å². The number of halogens is 2. The van der Waals surface area contributed by atoms with Gasteiger partial charge in [0.15, 0.2) is 0 Å². The molecule has 4 nitrogen and oxygen atoms in total. The lowest BCUT2D eigenvalue weighted by Gasteiger charge is -2.12. The third-order valence-electron chi connectivity index (χ3n) is 2.84. The third kappa shape index (κ3) is 3.36. The molecule has 0 radical (unpaired) electrons. The molecule has 0 aliphatic carbocycles. The summed E-state index contributed by atoms with van der Waals surface area (Å²) < 4.78 is 0. The van der Waals surface area contributed by atoms with Crippen molar-refractivity contribution >= 4 is 45.1 Å². The quantitative estimate of drug-likeness (QED) is 0.621. The summed E-state index contributed by atoms with van der Waals surface area (Å²) in [6, 6.07) is 11.2. The smallest absolute Gasteiger partial charge is 0.143 e. The summed E-state index contributed by atoms with van der Waals surface area (Å²) in [5.74, 6) is 0.857. The number of hydrogen-bond acceptors (Lipinski definition) is 5. The molecule has 2 N–H and O–H groups in total. The van der Waals surface area contributed by atoms with E-state index in [9.17, 15) is 10.5 Å². The number of hydrogen-bond donors (Lipinski definition) is 1. The first-order chi connectivity index (χ1) is 10.6. The van der Waals surface area contributed by atoms with E-state index in [2.05, 4.69) is 27.0 Å². The van der Waals surface area contributed by atoms with E-state index < -0.39 is 0 Å². The van der Waals surface area contributed by atoms with Gasteiger partial charge in [-0.1, -0.05) is 39.7 Å². The minimum absolute atomic E-state index is 0.119. The lowest BCUT2D eigenvalue weighted by molar-refractivity contribution is 1.11. The molecule has 1 aromatic heterocycles. The number of nitrogens with two attached hydrogens (primary N) is 1. The van der Waals surface area contributed by atoms with Crippen molar-refractivity contribution in [3.8, 4) is 23.3 Å². The van der Waals surface area contributed by atoms with Gasteiger partial charge in [-0.3, -0.25) is 0 Å². The second-order valence-corrected chi connectivity index (χ2v) is 6.51. The molecule has 1 aromatic carbocycles. The Morgan fingerprint density at radius 2 is 2.00 bits per heavy atom. The van der Waals surface area contributed by atoms with E-state index in [4.69, 9.17) is 17.3 Å². The maximum atomic E-state index is 9.54. The van der Waals surface area contributed by atoms with Crippen molar-refractivity contribution in [2.45, 2.75) is 5.03 Å². The summed E-state index contributed by atoms with van der Waals surface area (Å²) >= 11 is 10.8. The summed E-state index contributed by atoms with van der Waals surface area (Å²) in [6.07, 6.45) is 0. The number of nitrogen functional groups attached to an aromatic ring is 1. The highest BCUT2D eigenvalue weighted by Crippen LogP contribution is 2.36. The van der Waals surface area contributed by atoms with Crippen LogP contribution in [0.1, 0.15) is 11.1 Å². The van der Waals surface area contributed by atoms with Gasteiger partial charge in [-0.15, -0.1) is 11.8 Å². The van der Waals surface area contributed by atoms with E-state index >= 15 is 0 Å². The summed E-state index contributed by atoms with van der Waals surface area (Å²) in [5, 5.41) is 20.7. The van der Waals surface area contributed by atoms with Gasteiger partial charge in [-0.25, -0.2) is 4.98 Å². The predicted molar refractivity (Wildman–Crippen MR) is 93.0 cm³/mol. The lowest BCUT2D eigenvalue weighted by Crippen LogP contribution is -2.03. The zero-order valence-corrected chi connectivity index (χ0v) is 14.5. The van der Waals surface area contributed by atoms with Crippen molar-refractivity contribution in [3.63, 3.8) is 0 Å².